The minimum Gasteiger partial charge on any atom is -0.437 e. The molecule has 4 rings (SSSR count). The van der Waals surface area contributed by atoms with Gasteiger partial charge in [0.2, 0.25) is 11.8 Å². The molecule has 0 unspecified atom stereocenters. The highest BCUT2D eigenvalue weighted by atomic mass is 16.5. The van der Waals surface area contributed by atoms with Crippen LogP contribution in [-0.2, 0) is 12.0 Å². The number of hydrogen-bond acceptors (Lipinski definition) is 5. The van der Waals surface area contributed by atoms with Crippen LogP contribution in [0.3, 0.4) is 0 Å². The molecule has 2 aromatic heterocycles. The third-order valence-corrected chi connectivity index (χ3v) is 4.65. The van der Waals surface area contributed by atoms with Gasteiger partial charge in [-0.05, 0) is 41.3 Å². The molecule has 148 valence electrons. The van der Waals surface area contributed by atoms with Crippen LogP contribution in [0.5, 0.6) is 11.6 Å². The standard InChI is InChI=1S/C23H24N4O2/c1-23(2,3)16-7-4-5-9-20(16)29-21-18(8-6-12-24-21)26-22-25-17-11-10-15(14-28)13-19(17)27-22/h4-13,28H,14H2,1-3H3,(H2,25,26,27). The Kier molecular flexibility index (Phi) is 4.94. The Morgan fingerprint density at radius 3 is 2.69 bits per heavy atom. The smallest absolute Gasteiger partial charge is 0.243 e. The van der Waals surface area contributed by atoms with Gasteiger partial charge in [0.1, 0.15) is 11.4 Å². The Hall–Kier alpha value is -3.38. The Morgan fingerprint density at radius 1 is 1.07 bits per heavy atom. The summed E-state index contributed by atoms with van der Waals surface area (Å²) >= 11 is 0. The molecule has 3 N–H and O–H groups in total. The van der Waals surface area contributed by atoms with Crippen molar-refractivity contribution in [2.75, 3.05) is 5.32 Å². The average Bonchev–Trinajstić information content (AvgIpc) is 3.10. The number of aliphatic hydroxyl groups is 1. The lowest BCUT2D eigenvalue weighted by molar-refractivity contribution is 0.282. The number of nitrogens with zero attached hydrogens (tertiary/aromatic N) is 2. The normalized spacial score (nSPS) is 11.6. The van der Waals surface area contributed by atoms with Crippen molar-refractivity contribution >= 4 is 22.7 Å². The predicted octanol–water partition coefficient (Wildman–Crippen LogP) is 5.28. The molecule has 0 saturated carbocycles. The lowest BCUT2D eigenvalue weighted by Gasteiger charge is -2.22. The monoisotopic (exact) mass is 388 g/mol. The quantitative estimate of drug-likeness (QED) is 0.433. The van der Waals surface area contributed by atoms with Gasteiger partial charge in [-0.3, -0.25) is 0 Å². The molecular weight excluding hydrogens is 364 g/mol. The number of hydrogen-bond donors (Lipinski definition) is 3. The number of fused-ring (bicyclic) bond motifs is 1. The van der Waals surface area contributed by atoms with Gasteiger partial charge in [-0.2, -0.15) is 0 Å². The summed E-state index contributed by atoms with van der Waals surface area (Å²) in [6, 6.07) is 17.4. The fourth-order valence-corrected chi connectivity index (χ4v) is 3.19. The number of imidazole rings is 1. The second-order valence-corrected chi connectivity index (χ2v) is 7.92. The molecule has 0 atom stereocenters. The van der Waals surface area contributed by atoms with Crippen molar-refractivity contribution in [2.24, 2.45) is 0 Å². The fourth-order valence-electron chi connectivity index (χ4n) is 3.19. The minimum atomic E-state index is -0.0535. The molecule has 0 radical (unpaired) electrons. The zero-order valence-corrected chi connectivity index (χ0v) is 16.7. The van der Waals surface area contributed by atoms with Crippen molar-refractivity contribution < 1.29 is 9.84 Å². The summed E-state index contributed by atoms with van der Waals surface area (Å²) < 4.78 is 6.20. The maximum absolute atomic E-state index is 9.32. The van der Waals surface area contributed by atoms with Crippen LogP contribution >= 0.6 is 0 Å². The Morgan fingerprint density at radius 2 is 1.90 bits per heavy atom. The first-order valence-corrected chi connectivity index (χ1v) is 9.53. The largest absolute Gasteiger partial charge is 0.437 e. The van der Waals surface area contributed by atoms with Crippen LogP contribution in [0.15, 0.2) is 60.8 Å². The highest BCUT2D eigenvalue weighted by Crippen LogP contribution is 2.36. The molecule has 6 nitrogen and oxygen atoms in total. The van der Waals surface area contributed by atoms with E-state index >= 15 is 0 Å². The summed E-state index contributed by atoms with van der Waals surface area (Å²) in [5.41, 5.74) is 4.26. The zero-order valence-electron chi connectivity index (χ0n) is 16.7. The molecule has 2 aromatic carbocycles. The molecule has 0 saturated heterocycles. The van der Waals surface area contributed by atoms with E-state index in [1.807, 2.05) is 48.5 Å². The van der Waals surface area contributed by atoms with Gasteiger partial charge in [0.15, 0.2) is 0 Å². The van der Waals surface area contributed by atoms with Crippen molar-refractivity contribution in [1.82, 2.24) is 15.0 Å². The van der Waals surface area contributed by atoms with E-state index in [0.29, 0.717) is 17.5 Å². The van der Waals surface area contributed by atoms with Crippen LogP contribution in [0.25, 0.3) is 11.0 Å². The first-order chi connectivity index (χ1) is 13.9. The molecule has 0 aliphatic rings. The number of aliphatic hydroxyl groups excluding tert-OH is 1. The van der Waals surface area contributed by atoms with Crippen LogP contribution in [0.4, 0.5) is 11.6 Å². The zero-order chi connectivity index (χ0) is 20.4. The highest BCUT2D eigenvalue weighted by molar-refractivity contribution is 5.79. The molecule has 0 aliphatic carbocycles. The van der Waals surface area contributed by atoms with Crippen molar-refractivity contribution in [3.8, 4) is 11.6 Å². The lowest BCUT2D eigenvalue weighted by Crippen LogP contribution is -2.12. The van der Waals surface area contributed by atoms with E-state index in [4.69, 9.17) is 4.74 Å². The molecule has 2 heterocycles. The van der Waals surface area contributed by atoms with E-state index in [1.165, 1.54) is 0 Å². The van der Waals surface area contributed by atoms with E-state index in [1.54, 1.807) is 6.20 Å². The van der Waals surface area contributed by atoms with E-state index in [-0.39, 0.29) is 12.0 Å². The SMILES string of the molecule is CC(C)(C)c1ccccc1Oc1ncccc1Nc1nc2ccc(CO)cc2[nH]1. The second-order valence-electron chi connectivity index (χ2n) is 7.92. The number of anilines is 2. The Balaban J connectivity index is 1.65. The molecule has 4 aromatic rings. The van der Waals surface area contributed by atoms with Gasteiger partial charge in [-0.1, -0.05) is 45.0 Å². The third-order valence-electron chi connectivity index (χ3n) is 4.65. The molecule has 29 heavy (non-hydrogen) atoms. The van der Waals surface area contributed by atoms with Crippen LogP contribution in [-0.4, -0.2) is 20.1 Å². The average molecular weight is 388 g/mol. The van der Waals surface area contributed by atoms with Crippen molar-refractivity contribution in [3.05, 3.63) is 71.9 Å². The number of rotatable bonds is 5. The first-order valence-electron chi connectivity index (χ1n) is 9.53. The van der Waals surface area contributed by atoms with E-state index < -0.39 is 0 Å². The summed E-state index contributed by atoms with van der Waals surface area (Å²) in [6.45, 7) is 6.46. The van der Waals surface area contributed by atoms with Gasteiger partial charge in [0, 0.05) is 11.8 Å². The summed E-state index contributed by atoms with van der Waals surface area (Å²) in [5.74, 6) is 1.83. The van der Waals surface area contributed by atoms with Gasteiger partial charge in [0.05, 0.1) is 17.6 Å². The number of para-hydroxylation sites is 1. The van der Waals surface area contributed by atoms with E-state index in [9.17, 15) is 5.11 Å². The minimum absolute atomic E-state index is 0.00843. The summed E-state index contributed by atoms with van der Waals surface area (Å²) in [6.07, 6.45) is 1.70. The molecule has 6 heteroatoms. The second kappa shape index (κ2) is 7.56. The van der Waals surface area contributed by atoms with E-state index in [2.05, 4.69) is 47.1 Å². The number of benzene rings is 2. The van der Waals surface area contributed by atoms with Crippen molar-refractivity contribution in [1.29, 1.82) is 0 Å². The van der Waals surface area contributed by atoms with Crippen LogP contribution in [0.1, 0.15) is 31.9 Å². The molecule has 0 fully saturated rings. The Labute approximate surface area is 169 Å². The van der Waals surface area contributed by atoms with Crippen LogP contribution < -0.4 is 10.1 Å². The lowest BCUT2D eigenvalue weighted by atomic mass is 9.86. The molecule has 0 spiro atoms. The predicted molar refractivity (Wildman–Crippen MR) is 115 cm³/mol. The third kappa shape index (κ3) is 4.07. The van der Waals surface area contributed by atoms with E-state index in [0.717, 1.165) is 27.9 Å². The van der Waals surface area contributed by atoms with Gasteiger partial charge in [-0.15, -0.1) is 0 Å². The number of aromatic amines is 1. The number of aromatic nitrogens is 3. The fraction of sp³-hybridized carbons (Fsp3) is 0.217. The molecule has 0 amide bonds. The number of nitrogens with one attached hydrogen (secondary N) is 2. The molecule has 0 aliphatic heterocycles. The topological polar surface area (TPSA) is 83.1 Å². The number of pyridine rings is 1. The number of H-pyrrole nitrogens is 1. The molecular formula is C23H24N4O2. The first kappa shape index (κ1) is 19.0. The van der Waals surface area contributed by atoms with Crippen LogP contribution in [0.2, 0.25) is 0 Å². The summed E-state index contributed by atoms with van der Waals surface area (Å²) in [4.78, 5) is 12.2. The van der Waals surface area contributed by atoms with Gasteiger partial charge >= 0.3 is 0 Å². The number of ether oxygens (including phenoxy) is 1. The van der Waals surface area contributed by atoms with Crippen LogP contribution in [0, 0.1) is 0 Å². The van der Waals surface area contributed by atoms with Gasteiger partial charge in [-0.25, -0.2) is 9.97 Å². The molecule has 0 bridgehead atoms. The maximum atomic E-state index is 9.32. The highest BCUT2D eigenvalue weighted by Gasteiger charge is 2.20. The maximum Gasteiger partial charge on any atom is 0.243 e. The summed E-state index contributed by atoms with van der Waals surface area (Å²) in [7, 11) is 0. The van der Waals surface area contributed by atoms with Gasteiger partial charge in [0.25, 0.3) is 0 Å². The summed E-state index contributed by atoms with van der Waals surface area (Å²) in [5, 5.41) is 12.6. The van der Waals surface area contributed by atoms with Gasteiger partial charge < -0.3 is 20.1 Å². The van der Waals surface area contributed by atoms with Crippen molar-refractivity contribution in [2.45, 2.75) is 32.8 Å². The van der Waals surface area contributed by atoms with Crippen molar-refractivity contribution in [3.63, 3.8) is 0 Å². The Bertz CT molecular complexity index is 1150.